The molecule has 0 saturated carbocycles. The van der Waals surface area contributed by atoms with Gasteiger partial charge in [0.1, 0.15) is 12.2 Å². The van der Waals surface area contributed by atoms with E-state index in [1.165, 1.54) is 4.90 Å². The molecular weight excluding hydrogens is 311 g/mol. The lowest BCUT2D eigenvalue weighted by atomic mass is 10.1. The second-order valence-corrected chi connectivity index (χ2v) is 7.02. The van der Waals surface area contributed by atoms with Crippen LogP contribution in [0.15, 0.2) is 0 Å². The van der Waals surface area contributed by atoms with Gasteiger partial charge in [0.25, 0.3) is 0 Å². The van der Waals surface area contributed by atoms with Gasteiger partial charge in [0.2, 0.25) is 11.8 Å². The largest absolute Gasteiger partial charge is 0.368 e. The van der Waals surface area contributed by atoms with E-state index in [9.17, 15) is 14.0 Å². The Morgan fingerprint density at radius 3 is 2.62 bits per heavy atom. The minimum Gasteiger partial charge on any atom is -0.368 e. The predicted molar refractivity (Wildman–Crippen MR) is 89.1 cm³/mol. The first-order valence-corrected chi connectivity index (χ1v) is 8.46. The van der Waals surface area contributed by atoms with Gasteiger partial charge in [-0.25, -0.2) is 4.39 Å². The van der Waals surface area contributed by atoms with Crippen LogP contribution in [0.4, 0.5) is 4.39 Å². The van der Waals surface area contributed by atoms with Crippen LogP contribution in [0.5, 0.6) is 0 Å². The molecule has 2 N–H and O–H groups in total. The fourth-order valence-corrected chi connectivity index (χ4v) is 3.33. The molecule has 1 aromatic heterocycles. The van der Waals surface area contributed by atoms with Crippen LogP contribution in [-0.4, -0.2) is 45.3 Å². The number of aromatic nitrogens is 2. The molecule has 2 heterocycles. The van der Waals surface area contributed by atoms with Gasteiger partial charge in [-0.05, 0) is 31.7 Å². The third-order valence-corrected chi connectivity index (χ3v) is 4.56. The van der Waals surface area contributed by atoms with E-state index >= 15 is 0 Å². The Kier molecular flexibility index (Phi) is 5.62. The second kappa shape index (κ2) is 7.32. The number of aryl methyl sites for hydroxylation is 1. The first-order valence-electron chi connectivity index (χ1n) is 8.46. The van der Waals surface area contributed by atoms with Crippen LogP contribution in [0.25, 0.3) is 0 Å². The number of nitrogens with two attached hydrogens (primary N) is 1. The minimum atomic E-state index is -1.18. The maximum Gasteiger partial charge on any atom is 0.240 e. The highest BCUT2D eigenvalue weighted by Gasteiger charge is 2.38. The van der Waals surface area contributed by atoms with Crippen LogP contribution >= 0.6 is 0 Å². The molecule has 0 aliphatic carbocycles. The summed E-state index contributed by atoms with van der Waals surface area (Å²) in [5.74, 6) is -0.380. The predicted octanol–water partition coefficient (Wildman–Crippen LogP) is 1.51. The normalized spacial score (nSPS) is 20.8. The maximum absolute atomic E-state index is 13.5. The monoisotopic (exact) mass is 338 g/mol. The lowest BCUT2D eigenvalue weighted by molar-refractivity contribution is -0.137. The lowest BCUT2D eigenvalue weighted by Crippen LogP contribution is -2.43. The van der Waals surface area contributed by atoms with Gasteiger partial charge >= 0.3 is 0 Å². The zero-order valence-electron chi connectivity index (χ0n) is 14.9. The van der Waals surface area contributed by atoms with Crippen molar-refractivity contribution in [3.8, 4) is 0 Å². The van der Waals surface area contributed by atoms with Crippen LogP contribution in [0.2, 0.25) is 0 Å². The Hall–Kier alpha value is -1.92. The van der Waals surface area contributed by atoms with Gasteiger partial charge in [0.05, 0.1) is 12.2 Å². The third-order valence-electron chi connectivity index (χ3n) is 4.56. The number of halogens is 1. The summed E-state index contributed by atoms with van der Waals surface area (Å²) < 4.78 is 15.5. The summed E-state index contributed by atoms with van der Waals surface area (Å²) in [6.45, 7) is 8.98. The number of carbonyl (C=O) groups is 2. The molecule has 24 heavy (non-hydrogen) atoms. The Labute approximate surface area is 142 Å². The number of rotatable bonds is 6. The topological polar surface area (TPSA) is 81.2 Å². The molecule has 1 fully saturated rings. The van der Waals surface area contributed by atoms with Gasteiger partial charge in [0.15, 0.2) is 0 Å². The van der Waals surface area contributed by atoms with Crippen molar-refractivity contribution in [3.63, 3.8) is 0 Å². The van der Waals surface area contributed by atoms with Gasteiger partial charge in [0, 0.05) is 25.1 Å². The van der Waals surface area contributed by atoms with E-state index in [1.54, 1.807) is 0 Å². The Morgan fingerprint density at radius 1 is 1.38 bits per heavy atom. The second-order valence-electron chi connectivity index (χ2n) is 7.02. The lowest BCUT2D eigenvalue weighted by Gasteiger charge is -2.21. The average Bonchev–Trinajstić information content (AvgIpc) is 2.98. The molecule has 7 heteroatoms. The van der Waals surface area contributed by atoms with Crippen molar-refractivity contribution in [3.05, 3.63) is 17.0 Å². The summed E-state index contributed by atoms with van der Waals surface area (Å²) in [6.07, 6.45) is -0.409. The van der Waals surface area contributed by atoms with Gasteiger partial charge in [-0.15, -0.1) is 0 Å². The van der Waals surface area contributed by atoms with E-state index in [0.29, 0.717) is 12.3 Å². The zero-order valence-corrected chi connectivity index (χ0v) is 14.9. The highest BCUT2D eigenvalue weighted by molar-refractivity contribution is 5.87. The standard InChI is InChI=1S/C17H27FN4O2/c1-10(2)8-22-12(4)14(11(3)20-22)5-6-16(23)21-9-13(18)7-15(21)17(19)24/h10,13,15H,5-9H2,1-4H3,(H2,19,24)/t13-,15+/m1/s1. The first-order chi connectivity index (χ1) is 11.2. The number of amides is 2. The van der Waals surface area contributed by atoms with Crippen molar-refractivity contribution in [2.45, 2.75) is 65.7 Å². The number of carbonyl (C=O) groups excluding carboxylic acids is 2. The molecule has 0 aromatic carbocycles. The number of primary amides is 1. The van der Waals surface area contributed by atoms with Crippen LogP contribution in [0, 0.1) is 19.8 Å². The molecule has 2 atom stereocenters. The van der Waals surface area contributed by atoms with Crippen molar-refractivity contribution in [1.82, 2.24) is 14.7 Å². The van der Waals surface area contributed by atoms with Crippen molar-refractivity contribution >= 4 is 11.8 Å². The number of hydrogen-bond acceptors (Lipinski definition) is 3. The quantitative estimate of drug-likeness (QED) is 0.854. The number of alkyl halides is 1. The maximum atomic E-state index is 13.5. The van der Waals surface area contributed by atoms with Crippen molar-refractivity contribution in [2.24, 2.45) is 11.7 Å². The van der Waals surface area contributed by atoms with Crippen LogP contribution in [0.3, 0.4) is 0 Å². The highest BCUT2D eigenvalue weighted by Crippen LogP contribution is 2.23. The highest BCUT2D eigenvalue weighted by atomic mass is 19.1. The summed E-state index contributed by atoms with van der Waals surface area (Å²) >= 11 is 0. The van der Waals surface area contributed by atoms with E-state index in [-0.39, 0.29) is 25.3 Å². The summed E-state index contributed by atoms with van der Waals surface area (Å²) in [7, 11) is 0. The van der Waals surface area contributed by atoms with Crippen molar-refractivity contribution in [1.29, 1.82) is 0 Å². The Balaban J connectivity index is 2.04. The van der Waals surface area contributed by atoms with E-state index in [1.807, 2.05) is 18.5 Å². The molecule has 1 saturated heterocycles. The van der Waals surface area contributed by atoms with Crippen LogP contribution in [-0.2, 0) is 22.6 Å². The molecule has 2 rings (SSSR count). The zero-order chi connectivity index (χ0) is 18.0. The van der Waals surface area contributed by atoms with Crippen molar-refractivity contribution < 1.29 is 14.0 Å². The van der Waals surface area contributed by atoms with Crippen LogP contribution in [0.1, 0.15) is 43.6 Å². The molecule has 2 amide bonds. The van der Waals surface area contributed by atoms with Gasteiger partial charge in [-0.1, -0.05) is 13.8 Å². The molecule has 1 aliphatic heterocycles. The minimum absolute atomic E-state index is 0.00541. The number of likely N-dealkylation sites (tertiary alicyclic amines) is 1. The molecule has 1 aliphatic rings. The van der Waals surface area contributed by atoms with E-state index in [4.69, 9.17) is 5.73 Å². The average molecular weight is 338 g/mol. The van der Waals surface area contributed by atoms with E-state index < -0.39 is 18.1 Å². The summed E-state index contributed by atoms with van der Waals surface area (Å²) in [4.78, 5) is 25.1. The molecule has 0 radical (unpaired) electrons. The van der Waals surface area contributed by atoms with Crippen molar-refractivity contribution in [2.75, 3.05) is 6.54 Å². The van der Waals surface area contributed by atoms with E-state index in [0.717, 1.165) is 23.5 Å². The molecule has 134 valence electrons. The SMILES string of the molecule is Cc1nn(CC(C)C)c(C)c1CCC(=O)N1C[C@H](F)C[C@H]1C(N)=O. The fraction of sp³-hybridized carbons (Fsp3) is 0.706. The molecule has 0 unspecified atom stereocenters. The third kappa shape index (κ3) is 3.94. The Morgan fingerprint density at radius 2 is 2.04 bits per heavy atom. The smallest absolute Gasteiger partial charge is 0.240 e. The molecule has 1 aromatic rings. The van der Waals surface area contributed by atoms with Gasteiger partial charge in [-0.2, -0.15) is 5.10 Å². The first kappa shape index (κ1) is 18.4. The Bertz CT molecular complexity index is 626. The van der Waals surface area contributed by atoms with Gasteiger partial charge < -0.3 is 10.6 Å². The number of nitrogens with zero attached hydrogens (tertiary/aromatic N) is 3. The summed E-state index contributed by atoms with van der Waals surface area (Å²) in [5.41, 5.74) is 8.31. The summed E-state index contributed by atoms with van der Waals surface area (Å²) in [6, 6.07) is -0.821. The summed E-state index contributed by atoms with van der Waals surface area (Å²) in [5, 5.41) is 4.54. The van der Waals surface area contributed by atoms with Gasteiger partial charge in [-0.3, -0.25) is 14.3 Å². The number of hydrogen-bond donors (Lipinski definition) is 1. The van der Waals surface area contributed by atoms with E-state index in [2.05, 4.69) is 18.9 Å². The molecule has 6 nitrogen and oxygen atoms in total. The molecule has 0 spiro atoms. The fourth-order valence-electron chi connectivity index (χ4n) is 3.33. The van der Waals surface area contributed by atoms with Crippen LogP contribution < -0.4 is 5.73 Å². The molecular formula is C17H27FN4O2. The molecule has 0 bridgehead atoms.